The maximum absolute atomic E-state index is 4.73. The molecule has 0 atom stereocenters. The number of nitrogens with zero attached hydrogens (tertiary/aromatic N) is 2. The van der Waals surface area contributed by atoms with Crippen LogP contribution in [0.15, 0.2) is 36.4 Å². The number of allylic oxidation sites excluding steroid dienone is 6. The van der Waals surface area contributed by atoms with Crippen LogP contribution in [0, 0.1) is 0 Å². The molecule has 0 bridgehead atoms. The van der Waals surface area contributed by atoms with Crippen LogP contribution in [0.5, 0.6) is 0 Å². The summed E-state index contributed by atoms with van der Waals surface area (Å²) in [6.45, 7) is 10.7. The van der Waals surface area contributed by atoms with E-state index in [-0.39, 0.29) is 5.41 Å². The highest BCUT2D eigenvalue weighted by atomic mass is 15.3. The van der Waals surface area contributed by atoms with Gasteiger partial charge in [-0.3, -0.25) is 0 Å². The summed E-state index contributed by atoms with van der Waals surface area (Å²) >= 11 is 0. The van der Waals surface area contributed by atoms with Gasteiger partial charge in [0.25, 0.3) is 0 Å². The maximum Gasteiger partial charge on any atom is 0.129 e. The molecule has 0 radical (unpaired) electrons. The van der Waals surface area contributed by atoms with Crippen LogP contribution in [-0.2, 0) is 5.41 Å². The highest BCUT2D eigenvalue weighted by Crippen LogP contribution is 2.26. The monoisotopic (exact) mass is 273 g/mol. The standard InChI is InChI=1S/C17H27N3/c1-7-9-10-11-12-14(8-2)20-16(18-6)13-15(19-20)17(3,4)5/h8-13,18H,7H2,1-6H3/b10-9+,12-11-,14-8+. The Bertz CT molecular complexity index is 511. The topological polar surface area (TPSA) is 29.9 Å². The summed E-state index contributed by atoms with van der Waals surface area (Å²) in [4.78, 5) is 0. The van der Waals surface area contributed by atoms with Crippen LogP contribution in [-0.4, -0.2) is 16.8 Å². The lowest BCUT2D eigenvalue weighted by Gasteiger charge is -2.14. The lowest BCUT2D eigenvalue weighted by molar-refractivity contribution is 0.561. The Kier molecular flexibility index (Phi) is 5.81. The molecule has 0 saturated carbocycles. The summed E-state index contributed by atoms with van der Waals surface area (Å²) in [5.74, 6) is 1.01. The lowest BCUT2D eigenvalue weighted by Crippen LogP contribution is -2.12. The van der Waals surface area contributed by atoms with Gasteiger partial charge in [-0.1, -0.05) is 52.0 Å². The Morgan fingerprint density at radius 1 is 1.35 bits per heavy atom. The molecule has 0 saturated heterocycles. The molecule has 20 heavy (non-hydrogen) atoms. The average Bonchev–Trinajstić information content (AvgIpc) is 2.83. The van der Waals surface area contributed by atoms with E-state index in [9.17, 15) is 0 Å². The minimum atomic E-state index is 0.0432. The maximum atomic E-state index is 4.73. The summed E-state index contributed by atoms with van der Waals surface area (Å²) in [5.41, 5.74) is 2.19. The molecule has 0 spiro atoms. The van der Waals surface area contributed by atoms with Gasteiger partial charge < -0.3 is 5.32 Å². The van der Waals surface area contributed by atoms with Crippen molar-refractivity contribution >= 4 is 11.5 Å². The number of aromatic nitrogens is 2. The molecule has 0 aromatic carbocycles. The van der Waals surface area contributed by atoms with Crippen molar-refractivity contribution in [2.45, 2.75) is 46.5 Å². The molecule has 1 heterocycles. The van der Waals surface area contributed by atoms with Crippen molar-refractivity contribution in [1.82, 2.24) is 9.78 Å². The fourth-order valence-corrected chi connectivity index (χ4v) is 1.78. The number of hydrogen-bond acceptors (Lipinski definition) is 2. The number of anilines is 1. The molecule has 0 fully saturated rings. The molecule has 0 aliphatic rings. The van der Waals surface area contributed by atoms with Gasteiger partial charge in [0.1, 0.15) is 5.82 Å². The molecule has 3 nitrogen and oxygen atoms in total. The van der Waals surface area contributed by atoms with Gasteiger partial charge in [-0.2, -0.15) is 5.10 Å². The fraction of sp³-hybridized carbons (Fsp3) is 0.471. The summed E-state index contributed by atoms with van der Waals surface area (Å²) in [7, 11) is 1.92. The average molecular weight is 273 g/mol. The van der Waals surface area contributed by atoms with E-state index < -0.39 is 0 Å². The molecule has 1 aromatic rings. The lowest BCUT2D eigenvalue weighted by atomic mass is 9.92. The van der Waals surface area contributed by atoms with Crippen LogP contribution >= 0.6 is 0 Å². The molecule has 0 unspecified atom stereocenters. The molecule has 1 aromatic heterocycles. The van der Waals surface area contributed by atoms with Gasteiger partial charge in [-0.25, -0.2) is 4.68 Å². The Hall–Kier alpha value is -1.77. The first-order valence-electron chi connectivity index (χ1n) is 7.22. The van der Waals surface area contributed by atoms with Crippen LogP contribution in [0.4, 0.5) is 5.82 Å². The fourth-order valence-electron chi connectivity index (χ4n) is 1.78. The van der Waals surface area contributed by atoms with Crippen molar-refractivity contribution < 1.29 is 0 Å². The van der Waals surface area contributed by atoms with Crippen LogP contribution in [0.25, 0.3) is 5.70 Å². The zero-order valence-electron chi connectivity index (χ0n) is 13.6. The SMILES string of the molecule is C\C=C(/C=C\C=C\CC)n1nc(C(C)(C)C)cc1NC. The molecule has 0 aliphatic heterocycles. The van der Waals surface area contributed by atoms with E-state index in [2.05, 4.69) is 69.5 Å². The van der Waals surface area contributed by atoms with E-state index in [1.54, 1.807) is 0 Å². The molecule has 110 valence electrons. The van der Waals surface area contributed by atoms with Crippen molar-refractivity contribution in [3.63, 3.8) is 0 Å². The zero-order valence-corrected chi connectivity index (χ0v) is 13.6. The highest BCUT2D eigenvalue weighted by molar-refractivity contribution is 5.62. The smallest absolute Gasteiger partial charge is 0.129 e. The van der Waals surface area contributed by atoms with E-state index in [0.717, 1.165) is 23.6 Å². The van der Waals surface area contributed by atoms with Crippen molar-refractivity contribution in [1.29, 1.82) is 0 Å². The van der Waals surface area contributed by atoms with Gasteiger partial charge in [0.05, 0.1) is 11.4 Å². The summed E-state index contributed by atoms with van der Waals surface area (Å²) < 4.78 is 1.96. The minimum Gasteiger partial charge on any atom is -0.373 e. The molecule has 0 amide bonds. The molecular formula is C17H27N3. The largest absolute Gasteiger partial charge is 0.373 e. The quantitative estimate of drug-likeness (QED) is 0.794. The normalized spacial score (nSPS) is 13.6. The third kappa shape index (κ3) is 4.12. The predicted molar refractivity (Wildman–Crippen MR) is 89.0 cm³/mol. The number of hydrogen-bond donors (Lipinski definition) is 1. The third-order valence-electron chi connectivity index (χ3n) is 3.02. The minimum absolute atomic E-state index is 0.0432. The molecule has 1 N–H and O–H groups in total. The van der Waals surface area contributed by atoms with Crippen LogP contribution in [0.1, 0.15) is 46.7 Å². The van der Waals surface area contributed by atoms with Crippen LogP contribution in [0.2, 0.25) is 0 Å². The second-order valence-electron chi connectivity index (χ2n) is 5.74. The van der Waals surface area contributed by atoms with Gasteiger partial charge in [-0.05, 0) is 19.4 Å². The van der Waals surface area contributed by atoms with Gasteiger partial charge in [0.15, 0.2) is 0 Å². The van der Waals surface area contributed by atoms with Crippen LogP contribution in [0.3, 0.4) is 0 Å². The highest BCUT2D eigenvalue weighted by Gasteiger charge is 2.20. The second-order valence-corrected chi connectivity index (χ2v) is 5.74. The molecule has 3 heteroatoms. The van der Waals surface area contributed by atoms with E-state index in [1.165, 1.54) is 0 Å². The number of rotatable bonds is 5. The summed E-state index contributed by atoms with van der Waals surface area (Å²) in [6.07, 6.45) is 11.4. The molecule has 1 rings (SSSR count). The summed E-state index contributed by atoms with van der Waals surface area (Å²) in [6, 6.07) is 2.11. The van der Waals surface area contributed by atoms with Gasteiger partial charge in [0, 0.05) is 18.5 Å². The van der Waals surface area contributed by atoms with Crippen molar-refractivity contribution in [2.24, 2.45) is 0 Å². The molecule has 0 aliphatic carbocycles. The Morgan fingerprint density at radius 2 is 2.05 bits per heavy atom. The van der Waals surface area contributed by atoms with E-state index in [1.807, 2.05) is 18.7 Å². The van der Waals surface area contributed by atoms with Gasteiger partial charge in [0.2, 0.25) is 0 Å². The first kappa shape index (κ1) is 16.3. The summed E-state index contributed by atoms with van der Waals surface area (Å²) in [5, 5.41) is 7.95. The predicted octanol–water partition coefficient (Wildman–Crippen LogP) is 4.61. The Morgan fingerprint density at radius 3 is 2.55 bits per heavy atom. The van der Waals surface area contributed by atoms with Crippen molar-refractivity contribution in [3.05, 3.63) is 42.1 Å². The third-order valence-corrected chi connectivity index (χ3v) is 3.02. The zero-order chi connectivity index (χ0) is 15.2. The van der Waals surface area contributed by atoms with E-state index in [4.69, 9.17) is 5.10 Å². The van der Waals surface area contributed by atoms with Gasteiger partial charge in [-0.15, -0.1) is 0 Å². The first-order chi connectivity index (χ1) is 9.43. The Balaban J connectivity index is 3.13. The second kappa shape index (κ2) is 7.13. The van der Waals surface area contributed by atoms with E-state index in [0.29, 0.717) is 0 Å². The first-order valence-corrected chi connectivity index (χ1v) is 7.22. The number of nitrogens with one attached hydrogen (secondary N) is 1. The van der Waals surface area contributed by atoms with Gasteiger partial charge >= 0.3 is 0 Å². The van der Waals surface area contributed by atoms with Crippen LogP contribution < -0.4 is 5.32 Å². The van der Waals surface area contributed by atoms with Crippen molar-refractivity contribution in [3.8, 4) is 0 Å². The van der Waals surface area contributed by atoms with Crippen molar-refractivity contribution in [2.75, 3.05) is 12.4 Å². The molecular weight excluding hydrogens is 246 g/mol. The Labute approximate surface area is 123 Å². The van der Waals surface area contributed by atoms with E-state index >= 15 is 0 Å².